The molecule has 0 saturated carbocycles. The van der Waals surface area contributed by atoms with Gasteiger partial charge in [0.2, 0.25) is 0 Å². The van der Waals surface area contributed by atoms with E-state index in [0.29, 0.717) is 12.1 Å². The molecule has 4 atom stereocenters. The fraction of sp³-hybridized carbons (Fsp3) is 0.588. The summed E-state index contributed by atoms with van der Waals surface area (Å²) in [5, 5.41) is 22.7. The topological polar surface area (TPSA) is 82.0 Å². The molecule has 4 unspecified atom stereocenters. The molecule has 3 N–H and O–H groups in total. The van der Waals surface area contributed by atoms with Crippen molar-refractivity contribution >= 4 is 5.91 Å². The van der Waals surface area contributed by atoms with Crippen molar-refractivity contribution in [1.29, 1.82) is 0 Å². The predicted molar refractivity (Wildman–Crippen MR) is 85.1 cm³/mol. The maximum atomic E-state index is 12.2. The fourth-order valence-corrected chi connectivity index (χ4v) is 3.52. The molecule has 1 aromatic carbocycles. The van der Waals surface area contributed by atoms with E-state index in [2.05, 4.69) is 10.2 Å². The first kappa shape index (κ1) is 16.4. The Morgan fingerprint density at radius 2 is 1.91 bits per heavy atom. The first-order chi connectivity index (χ1) is 11.2. The molecule has 2 aliphatic heterocycles. The smallest absolute Gasteiger partial charge is 0.251 e. The SMILES string of the molecule is O=C(NCC1OC(CO)C(O)C1N1CCCC1)c1ccccc1. The molecule has 0 aromatic heterocycles. The van der Waals surface area contributed by atoms with Gasteiger partial charge in [-0.15, -0.1) is 0 Å². The van der Waals surface area contributed by atoms with E-state index in [9.17, 15) is 15.0 Å². The first-order valence-electron chi connectivity index (χ1n) is 8.22. The van der Waals surface area contributed by atoms with Gasteiger partial charge in [0.25, 0.3) is 5.91 Å². The van der Waals surface area contributed by atoms with Gasteiger partial charge >= 0.3 is 0 Å². The Balaban J connectivity index is 1.63. The molecule has 0 spiro atoms. The third-order valence-electron chi connectivity index (χ3n) is 4.70. The van der Waals surface area contributed by atoms with Crippen molar-refractivity contribution in [3.63, 3.8) is 0 Å². The summed E-state index contributed by atoms with van der Waals surface area (Å²) in [6.07, 6.45) is 0.593. The summed E-state index contributed by atoms with van der Waals surface area (Å²) in [6.45, 7) is 1.95. The monoisotopic (exact) mass is 320 g/mol. The zero-order chi connectivity index (χ0) is 16.2. The molecule has 0 radical (unpaired) electrons. The minimum Gasteiger partial charge on any atom is -0.394 e. The third kappa shape index (κ3) is 3.55. The molecule has 6 nitrogen and oxygen atoms in total. The number of hydrogen-bond acceptors (Lipinski definition) is 5. The van der Waals surface area contributed by atoms with Crippen molar-refractivity contribution in [2.24, 2.45) is 0 Å². The number of benzene rings is 1. The average molecular weight is 320 g/mol. The van der Waals surface area contributed by atoms with Gasteiger partial charge in [-0.25, -0.2) is 0 Å². The van der Waals surface area contributed by atoms with Crippen LogP contribution in [0.5, 0.6) is 0 Å². The fourth-order valence-electron chi connectivity index (χ4n) is 3.52. The van der Waals surface area contributed by atoms with Crippen LogP contribution in [0.1, 0.15) is 23.2 Å². The molecule has 2 heterocycles. The van der Waals surface area contributed by atoms with Gasteiger partial charge in [0.1, 0.15) is 12.2 Å². The first-order valence-corrected chi connectivity index (χ1v) is 8.22. The van der Waals surface area contributed by atoms with E-state index in [0.717, 1.165) is 25.9 Å². The number of rotatable bonds is 5. The lowest BCUT2D eigenvalue weighted by molar-refractivity contribution is -0.0209. The summed E-state index contributed by atoms with van der Waals surface area (Å²) in [6, 6.07) is 8.84. The van der Waals surface area contributed by atoms with Crippen molar-refractivity contribution in [3.05, 3.63) is 35.9 Å². The van der Waals surface area contributed by atoms with E-state index in [4.69, 9.17) is 4.74 Å². The summed E-state index contributed by atoms with van der Waals surface area (Å²) in [5.74, 6) is -0.156. The van der Waals surface area contributed by atoms with Gasteiger partial charge in [0.15, 0.2) is 0 Å². The zero-order valence-electron chi connectivity index (χ0n) is 13.1. The Morgan fingerprint density at radius 1 is 1.22 bits per heavy atom. The number of nitrogens with one attached hydrogen (secondary N) is 1. The van der Waals surface area contributed by atoms with E-state index in [1.54, 1.807) is 12.1 Å². The molecule has 2 saturated heterocycles. The summed E-state index contributed by atoms with van der Waals surface area (Å²) < 4.78 is 5.78. The molecule has 23 heavy (non-hydrogen) atoms. The maximum Gasteiger partial charge on any atom is 0.251 e. The van der Waals surface area contributed by atoms with Crippen molar-refractivity contribution < 1.29 is 19.7 Å². The van der Waals surface area contributed by atoms with Crippen LogP contribution in [-0.2, 0) is 4.74 Å². The lowest BCUT2D eigenvalue weighted by Gasteiger charge is -2.30. The van der Waals surface area contributed by atoms with Crippen LogP contribution in [0.4, 0.5) is 0 Å². The Bertz CT molecular complexity index is 519. The maximum absolute atomic E-state index is 12.2. The number of hydrogen-bond donors (Lipinski definition) is 3. The van der Waals surface area contributed by atoms with Gasteiger partial charge in [-0.05, 0) is 38.1 Å². The molecule has 2 fully saturated rings. The molecular formula is C17H24N2O4. The van der Waals surface area contributed by atoms with Crippen LogP contribution >= 0.6 is 0 Å². The van der Waals surface area contributed by atoms with Crippen LogP contribution in [-0.4, -0.2) is 71.6 Å². The highest BCUT2D eigenvalue weighted by Crippen LogP contribution is 2.28. The Labute approximate surface area is 136 Å². The second-order valence-corrected chi connectivity index (χ2v) is 6.20. The Kier molecular flexibility index (Phi) is 5.27. The number of aliphatic hydroxyl groups excluding tert-OH is 2. The van der Waals surface area contributed by atoms with E-state index < -0.39 is 12.2 Å². The molecule has 3 rings (SSSR count). The standard InChI is InChI=1S/C17H24N2O4/c20-11-14-16(21)15(19-8-4-5-9-19)13(23-14)10-18-17(22)12-6-2-1-3-7-12/h1-3,6-7,13-16,20-21H,4-5,8-11H2,(H,18,22). The van der Waals surface area contributed by atoms with Gasteiger partial charge in [-0.1, -0.05) is 18.2 Å². The van der Waals surface area contributed by atoms with Crippen LogP contribution in [0.15, 0.2) is 30.3 Å². The number of nitrogens with zero attached hydrogens (tertiary/aromatic N) is 1. The lowest BCUT2D eigenvalue weighted by atomic mass is 10.0. The second kappa shape index (κ2) is 7.40. The second-order valence-electron chi connectivity index (χ2n) is 6.20. The Hall–Kier alpha value is -1.47. The van der Waals surface area contributed by atoms with Crippen LogP contribution in [0.2, 0.25) is 0 Å². The Morgan fingerprint density at radius 3 is 2.57 bits per heavy atom. The lowest BCUT2D eigenvalue weighted by Crippen LogP contribution is -2.50. The largest absolute Gasteiger partial charge is 0.394 e. The number of amides is 1. The molecule has 1 amide bonds. The highest BCUT2D eigenvalue weighted by molar-refractivity contribution is 5.94. The highest BCUT2D eigenvalue weighted by atomic mass is 16.5. The number of carbonyl (C=O) groups excluding carboxylic acids is 1. The molecule has 126 valence electrons. The summed E-state index contributed by atoms with van der Waals surface area (Å²) in [5.41, 5.74) is 0.600. The van der Waals surface area contributed by atoms with Crippen LogP contribution in [0.3, 0.4) is 0 Å². The van der Waals surface area contributed by atoms with Gasteiger partial charge in [0, 0.05) is 12.1 Å². The minimum atomic E-state index is -0.725. The quantitative estimate of drug-likeness (QED) is 0.711. The number of aliphatic hydroxyl groups is 2. The molecule has 2 aliphatic rings. The highest BCUT2D eigenvalue weighted by Gasteiger charge is 2.46. The van der Waals surface area contributed by atoms with Crippen LogP contribution in [0.25, 0.3) is 0 Å². The van der Waals surface area contributed by atoms with E-state index >= 15 is 0 Å². The molecule has 1 aromatic rings. The average Bonchev–Trinajstić information content (AvgIpc) is 3.20. The summed E-state index contributed by atoms with van der Waals surface area (Å²) in [4.78, 5) is 14.4. The molecule has 6 heteroatoms. The van der Waals surface area contributed by atoms with Gasteiger partial charge < -0.3 is 20.3 Å². The normalized spacial score (nSPS) is 31.4. The molecule has 0 aliphatic carbocycles. The van der Waals surface area contributed by atoms with Crippen molar-refractivity contribution in [2.75, 3.05) is 26.2 Å². The van der Waals surface area contributed by atoms with Gasteiger partial charge in [0.05, 0.1) is 18.8 Å². The van der Waals surface area contributed by atoms with Gasteiger partial charge in [-0.3, -0.25) is 9.69 Å². The predicted octanol–water partition coefficient (Wildman–Crippen LogP) is 0.00140. The van der Waals surface area contributed by atoms with Crippen molar-refractivity contribution in [2.45, 2.75) is 37.2 Å². The number of likely N-dealkylation sites (tertiary alicyclic amines) is 1. The van der Waals surface area contributed by atoms with Crippen molar-refractivity contribution in [3.8, 4) is 0 Å². The van der Waals surface area contributed by atoms with Crippen LogP contribution < -0.4 is 5.32 Å². The molecule has 0 bridgehead atoms. The van der Waals surface area contributed by atoms with E-state index in [1.165, 1.54) is 0 Å². The van der Waals surface area contributed by atoms with Crippen LogP contribution in [0, 0.1) is 0 Å². The van der Waals surface area contributed by atoms with Crippen molar-refractivity contribution in [1.82, 2.24) is 10.2 Å². The van der Waals surface area contributed by atoms with E-state index in [1.807, 2.05) is 18.2 Å². The minimum absolute atomic E-state index is 0.156. The molecular weight excluding hydrogens is 296 g/mol. The summed E-state index contributed by atoms with van der Waals surface area (Å²) in [7, 11) is 0. The van der Waals surface area contributed by atoms with E-state index in [-0.39, 0.29) is 24.7 Å². The van der Waals surface area contributed by atoms with Gasteiger partial charge in [-0.2, -0.15) is 0 Å². The zero-order valence-corrected chi connectivity index (χ0v) is 13.1. The summed E-state index contributed by atoms with van der Waals surface area (Å²) >= 11 is 0. The third-order valence-corrected chi connectivity index (χ3v) is 4.70. The number of ether oxygens (including phenoxy) is 1. The number of carbonyl (C=O) groups is 1.